The number of rotatable bonds is 2. The normalized spacial score (nSPS) is 11.1. The van der Waals surface area contributed by atoms with Crippen molar-refractivity contribution in [2.45, 2.75) is 20.8 Å². The highest BCUT2D eigenvalue weighted by Gasteiger charge is 2.16. The lowest BCUT2D eigenvalue weighted by Crippen LogP contribution is -2.30. The molecule has 0 aliphatic rings. The van der Waals surface area contributed by atoms with Crippen molar-refractivity contribution in [1.29, 1.82) is 0 Å². The van der Waals surface area contributed by atoms with E-state index in [1.165, 1.54) is 51.4 Å². The summed E-state index contributed by atoms with van der Waals surface area (Å²) in [6, 6.07) is 13.1. The van der Waals surface area contributed by atoms with Crippen LogP contribution in [0, 0.1) is 20.8 Å². The van der Waals surface area contributed by atoms with E-state index in [-0.39, 0.29) is 0 Å². The lowest BCUT2D eigenvalue weighted by Gasteiger charge is -2.10. The van der Waals surface area contributed by atoms with Crippen LogP contribution in [-0.4, -0.2) is 15.0 Å². The third kappa shape index (κ3) is 2.84. The predicted octanol–water partition coefficient (Wildman–Crippen LogP) is 4.11. The fourth-order valence-electron chi connectivity index (χ4n) is 3.45. The Morgan fingerprint density at radius 1 is 0.846 bits per heavy atom. The molecule has 0 atom stereocenters. The van der Waals surface area contributed by atoms with Crippen molar-refractivity contribution in [3.63, 3.8) is 0 Å². The van der Waals surface area contributed by atoms with Crippen LogP contribution < -0.4 is 4.57 Å². The quantitative estimate of drug-likeness (QED) is 0.515. The number of aryl methyl sites for hydroxylation is 3. The van der Waals surface area contributed by atoms with Gasteiger partial charge in [0.25, 0.3) is 0 Å². The van der Waals surface area contributed by atoms with Crippen LogP contribution in [-0.2, 0) is 7.05 Å². The molecule has 4 aromatic rings. The third-order valence-corrected chi connectivity index (χ3v) is 4.93. The summed E-state index contributed by atoms with van der Waals surface area (Å²) >= 11 is 0. The second-order valence-electron chi connectivity index (χ2n) is 6.83. The van der Waals surface area contributed by atoms with Gasteiger partial charge in [0.05, 0.1) is 0 Å². The van der Waals surface area contributed by atoms with Gasteiger partial charge in [0.2, 0.25) is 5.69 Å². The van der Waals surface area contributed by atoms with Gasteiger partial charge in [-0.2, -0.15) is 0 Å². The summed E-state index contributed by atoms with van der Waals surface area (Å²) in [5.74, 6) is 0.694. The van der Waals surface area contributed by atoms with Crippen LogP contribution in [0.2, 0.25) is 0 Å². The topological polar surface area (TPSA) is 42.6 Å². The molecule has 0 aliphatic heterocycles. The molecule has 0 saturated heterocycles. The molecule has 0 spiro atoms. The zero-order valence-corrected chi connectivity index (χ0v) is 15.5. The monoisotopic (exact) mass is 341 g/mol. The Morgan fingerprint density at radius 2 is 1.62 bits per heavy atom. The highest BCUT2D eigenvalue weighted by Crippen LogP contribution is 2.28. The van der Waals surface area contributed by atoms with Gasteiger partial charge in [0, 0.05) is 22.6 Å². The Kier molecular flexibility index (Phi) is 3.96. The van der Waals surface area contributed by atoms with Gasteiger partial charge in [-0.15, -0.1) is 0 Å². The molecule has 0 fully saturated rings. The van der Waals surface area contributed by atoms with Crippen molar-refractivity contribution in [3.8, 4) is 22.6 Å². The van der Waals surface area contributed by atoms with Crippen LogP contribution in [0.25, 0.3) is 33.4 Å². The number of nitrogens with zero attached hydrogens (tertiary/aromatic N) is 4. The number of hydrogen-bond donors (Lipinski definition) is 0. The lowest BCUT2D eigenvalue weighted by molar-refractivity contribution is -0.659. The van der Waals surface area contributed by atoms with Crippen LogP contribution in [0.1, 0.15) is 16.7 Å². The minimum Gasteiger partial charge on any atom is -0.225 e. The van der Waals surface area contributed by atoms with Crippen molar-refractivity contribution < 1.29 is 4.57 Å². The van der Waals surface area contributed by atoms with E-state index in [4.69, 9.17) is 0 Å². The Labute approximate surface area is 153 Å². The maximum Gasteiger partial charge on any atom is 0.213 e. The summed E-state index contributed by atoms with van der Waals surface area (Å²) in [6.45, 7) is 6.51. The first-order valence-corrected chi connectivity index (χ1v) is 8.67. The number of hydrogen-bond acceptors (Lipinski definition) is 3. The molecule has 4 rings (SSSR count). The molecule has 0 radical (unpaired) electrons. The van der Waals surface area contributed by atoms with E-state index in [2.05, 4.69) is 89.9 Å². The first kappa shape index (κ1) is 16.3. The van der Waals surface area contributed by atoms with Gasteiger partial charge in [0.15, 0.2) is 12.0 Å². The molecule has 0 amide bonds. The molecule has 0 saturated carbocycles. The predicted molar refractivity (Wildman–Crippen MR) is 104 cm³/mol. The highest BCUT2D eigenvalue weighted by atomic mass is 15.0. The third-order valence-electron chi connectivity index (χ3n) is 4.93. The Balaban J connectivity index is 1.93. The molecule has 26 heavy (non-hydrogen) atoms. The molecule has 4 heteroatoms. The van der Waals surface area contributed by atoms with Crippen molar-refractivity contribution in [3.05, 3.63) is 71.9 Å². The lowest BCUT2D eigenvalue weighted by atomic mass is 9.96. The average Bonchev–Trinajstić information content (AvgIpc) is 2.64. The van der Waals surface area contributed by atoms with E-state index >= 15 is 0 Å². The van der Waals surface area contributed by atoms with Gasteiger partial charge in [0.1, 0.15) is 19.7 Å². The molecule has 2 heterocycles. The zero-order valence-electron chi connectivity index (χ0n) is 15.5. The number of benzene rings is 2. The molecular formula is C22H21N4+. The van der Waals surface area contributed by atoms with Gasteiger partial charge in [-0.1, -0.05) is 17.7 Å². The van der Waals surface area contributed by atoms with Crippen LogP contribution in [0.5, 0.6) is 0 Å². The summed E-state index contributed by atoms with van der Waals surface area (Å²) in [6.07, 6.45) is 5.24. The van der Waals surface area contributed by atoms with E-state index in [0.29, 0.717) is 5.82 Å². The molecule has 0 N–H and O–H groups in total. The van der Waals surface area contributed by atoms with Crippen molar-refractivity contribution in [2.75, 3.05) is 0 Å². The number of pyridine rings is 1. The maximum absolute atomic E-state index is 4.26. The first-order chi connectivity index (χ1) is 12.5. The first-order valence-electron chi connectivity index (χ1n) is 8.67. The Bertz CT molecular complexity index is 1120. The van der Waals surface area contributed by atoms with Crippen molar-refractivity contribution in [1.82, 2.24) is 15.0 Å². The van der Waals surface area contributed by atoms with Crippen LogP contribution >= 0.6 is 0 Å². The molecule has 0 unspecified atom stereocenters. The van der Waals surface area contributed by atoms with Crippen molar-refractivity contribution in [2.24, 2.45) is 7.05 Å². The molecule has 128 valence electrons. The summed E-state index contributed by atoms with van der Waals surface area (Å²) in [5.41, 5.74) is 7.39. The maximum atomic E-state index is 4.26. The second-order valence-corrected chi connectivity index (χ2v) is 6.83. The molecule has 2 aromatic carbocycles. The highest BCUT2D eigenvalue weighted by molar-refractivity contribution is 5.87. The van der Waals surface area contributed by atoms with E-state index in [0.717, 1.165) is 5.56 Å². The molecular weight excluding hydrogens is 320 g/mol. The van der Waals surface area contributed by atoms with E-state index in [9.17, 15) is 0 Å². The largest absolute Gasteiger partial charge is 0.225 e. The van der Waals surface area contributed by atoms with Gasteiger partial charge >= 0.3 is 0 Å². The molecule has 0 bridgehead atoms. The van der Waals surface area contributed by atoms with Gasteiger partial charge in [-0.25, -0.2) is 19.5 Å². The minimum absolute atomic E-state index is 0.694. The molecule has 0 aliphatic carbocycles. The standard InChI is InChI=1S/C22H21N4/c1-14-7-15(2)16(3)20(8-14)21-10-19-9-17(22-24-12-23-13-25-22)5-6-18(19)11-26(21)4/h5-13H,1-4H3/q+1. The summed E-state index contributed by atoms with van der Waals surface area (Å²) in [4.78, 5) is 12.4. The number of aromatic nitrogens is 4. The van der Waals surface area contributed by atoms with Crippen LogP contribution in [0.4, 0.5) is 0 Å². The summed E-state index contributed by atoms with van der Waals surface area (Å²) in [7, 11) is 2.10. The van der Waals surface area contributed by atoms with Crippen molar-refractivity contribution >= 4 is 10.8 Å². The van der Waals surface area contributed by atoms with Crippen LogP contribution in [0.3, 0.4) is 0 Å². The fourth-order valence-corrected chi connectivity index (χ4v) is 3.45. The SMILES string of the molecule is Cc1cc(C)c(C)c(-c2cc3cc(-c4ncncn4)ccc3c[n+]2C)c1. The van der Waals surface area contributed by atoms with E-state index in [1.54, 1.807) is 0 Å². The van der Waals surface area contributed by atoms with E-state index in [1.807, 2.05) is 0 Å². The average molecular weight is 341 g/mol. The summed E-state index contributed by atoms with van der Waals surface area (Å²) in [5, 5.41) is 2.37. The second kappa shape index (κ2) is 6.30. The smallest absolute Gasteiger partial charge is 0.213 e. The van der Waals surface area contributed by atoms with Crippen LogP contribution in [0.15, 0.2) is 55.2 Å². The van der Waals surface area contributed by atoms with Gasteiger partial charge in [-0.3, -0.25) is 0 Å². The fraction of sp³-hybridized carbons (Fsp3) is 0.182. The van der Waals surface area contributed by atoms with Gasteiger partial charge < -0.3 is 0 Å². The Hall–Kier alpha value is -3.14. The minimum atomic E-state index is 0.694. The molecule has 2 aromatic heterocycles. The van der Waals surface area contributed by atoms with E-state index < -0.39 is 0 Å². The zero-order chi connectivity index (χ0) is 18.3. The Morgan fingerprint density at radius 3 is 2.38 bits per heavy atom. The van der Waals surface area contributed by atoms with Gasteiger partial charge in [-0.05, 0) is 55.5 Å². The summed E-state index contributed by atoms with van der Waals surface area (Å²) < 4.78 is 2.20. The number of fused-ring (bicyclic) bond motifs is 1. The molecule has 4 nitrogen and oxygen atoms in total.